The van der Waals surface area contributed by atoms with Crippen molar-refractivity contribution in [2.45, 2.75) is 45.2 Å². The molecule has 1 saturated carbocycles. The van der Waals surface area contributed by atoms with Crippen molar-refractivity contribution in [2.75, 3.05) is 23.8 Å². The molecule has 3 aliphatic rings. The fraction of sp³-hybridized carbons (Fsp3) is 0.526. The van der Waals surface area contributed by atoms with E-state index in [2.05, 4.69) is 15.8 Å². The number of nitrogens with one attached hydrogen (secondary N) is 2. The Bertz CT molecular complexity index is 769. The normalized spacial score (nSPS) is 22.1. The molecule has 1 atom stereocenters. The summed E-state index contributed by atoms with van der Waals surface area (Å²) >= 11 is 0. The first-order valence-corrected chi connectivity index (χ1v) is 9.43. The molecule has 4 rings (SSSR count). The number of amides is 2. The first-order chi connectivity index (χ1) is 12.6. The summed E-state index contributed by atoms with van der Waals surface area (Å²) in [6.07, 6.45) is 5.94. The zero-order chi connectivity index (χ0) is 18.3. The third-order valence-electron chi connectivity index (χ3n) is 5.68. The van der Waals surface area contributed by atoms with Crippen LogP contribution < -0.4 is 15.6 Å². The van der Waals surface area contributed by atoms with Crippen LogP contribution in [0, 0.1) is 5.92 Å². The van der Waals surface area contributed by atoms with E-state index in [1.54, 1.807) is 18.0 Å². The molecule has 2 amide bonds. The molecule has 0 radical (unpaired) electrons. The largest absolute Gasteiger partial charge is 0.342 e. The second kappa shape index (κ2) is 6.63. The molecular formula is C19H25N5O2. The van der Waals surface area contributed by atoms with Gasteiger partial charge < -0.3 is 10.2 Å². The number of hydrazone groups is 1. The fourth-order valence-corrected chi connectivity index (χ4v) is 4.07. The molecule has 2 aliphatic heterocycles. The summed E-state index contributed by atoms with van der Waals surface area (Å²) in [5.74, 6) is 0.614. The van der Waals surface area contributed by atoms with Crippen LogP contribution in [-0.4, -0.2) is 42.3 Å². The monoisotopic (exact) mass is 355 g/mol. The lowest BCUT2D eigenvalue weighted by molar-refractivity contribution is -0.110. The third kappa shape index (κ3) is 2.71. The Kier molecular flexibility index (Phi) is 4.30. The standard InChI is InChI=1S/C19H25N5O2/c1-3-23(2)19(26)13-9-10-14-15(11-13)24-16(12-7-5-4-6-8-12)21-22-17(24)18(25)20-14/h9-12,16,21H,3-8H2,1-2H3,(H,20,25). The molecule has 7 heteroatoms. The van der Waals surface area contributed by atoms with Gasteiger partial charge in [0.15, 0.2) is 0 Å². The second-order valence-electron chi connectivity index (χ2n) is 7.28. The molecule has 1 fully saturated rings. The number of hydrogen-bond acceptors (Lipinski definition) is 5. The quantitative estimate of drug-likeness (QED) is 0.873. The molecule has 1 unspecified atom stereocenters. The smallest absolute Gasteiger partial charge is 0.293 e. The van der Waals surface area contributed by atoms with Gasteiger partial charge in [0.05, 0.1) is 11.4 Å². The minimum Gasteiger partial charge on any atom is -0.342 e. The molecule has 7 nitrogen and oxygen atoms in total. The van der Waals surface area contributed by atoms with E-state index in [1.807, 2.05) is 24.0 Å². The van der Waals surface area contributed by atoms with Crippen LogP contribution in [0.15, 0.2) is 23.3 Å². The molecule has 1 aliphatic carbocycles. The number of carbonyl (C=O) groups is 2. The van der Waals surface area contributed by atoms with Crippen LogP contribution in [0.1, 0.15) is 49.4 Å². The van der Waals surface area contributed by atoms with Gasteiger partial charge in [-0.25, -0.2) is 0 Å². The molecule has 2 heterocycles. The summed E-state index contributed by atoms with van der Waals surface area (Å²) in [5.41, 5.74) is 5.38. The van der Waals surface area contributed by atoms with Crippen molar-refractivity contribution in [1.29, 1.82) is 0 Å². The number of carbonyl (C=O) groups excluding carboxylic acids is 2. The Morgan fingerprint density at radius 2 is 2.08 bits per heavy atom. The molecular weight excluding hydrogens is 330 g/mol. The van der Waals surface area contributed by atoms with E-state index >= 15 is 0 Å². The molecule has 0 aromatic heterocycles. The third-order valence-corrected chi connectivity index (χ3v) is 5.68. The van der Waals surface area contributed by atoms with E-state index in [-0.39, 0.29) is 18.0 Å². The van der Waals surface area contributed by atoms with E-state index in [9.17, 15) is 9.59 Å². The van der Waals surface area contributed by atoms with Crippen LogP contribution in [0.5, 0.6) is 0 Å². The molecule has 1 aromatic rings. The van der Waals surface area contributed by atoms with Gasteiger partial charge in [0.1, 0.15) is 6.17 Å². The van der Waals surface area contributed by atoms with Crippen LogP contribution in [-0.2, 0) is 4.79 Å². The van der Waals surface area contributed by atoms with Crippen LogP contribution in [0.3, 0.4) is 0 Å². The fourth-order valence-electron chi connectivity index (χ4n) is 4.07. The predicted octanol–water partition coefficient (Wildman–Crippen LogP) is 2.36. The molecule has 2 N–H and O–H groups in total. The van der Waals surface area contributed by atoms with Crippen molar-refractivity contribution < 1.29 is 9.59 Å². The molecule has 0 spiro atoms. The predicted molar refractivity (Wildman–Crippen MR) is 101 cm³/mol. The zero-order valence-corrected chi connectivity index (χ0v) is 15.3. The maximum Gasteiger partial charge on any atom is 0.293 e. The van der Waals surface area contributed by atoms with Crippen LogP contribution >= 0.6 is 0 Å². The van der Waals surface area contributed by atoms with Gasteiger partial charge in [0.2, 0.25) is 5.84 Å². The average Bonchev–Trinajstić information content (AvgIpc) is 3.13. The molecule has 26 heavy (non-hydrogen) atoms. The van der Waals surface area contributed by atoms with Crippen molar-refractivity contribution in [3.05, 3.63) is 23.8 Å². The Hall–Kier alpha value is -2.57. The van der Waals surface area contributed by atoms with Crippen molar-refractivity contribution >= 4 is 29.0 Å². The number of fused-ring (bicyclic) bond motifs is 3. The summed E-state index contributed by atoms with van der Waals surface area (Å²) in [6, 6.07) is 5.47. The van der Waals surface area contributed by atoms with E-state index in [4.69, 9.17) is 0 Å². The summed E-state index contributed by atoms with van der Waals surface area (Å²) in [7, 11) is 1.79. The van der Waals surface area contributed by atoms with Crippen molar-refractivity contribution in [3.8, 4) is 0 Å². The highest BCUT2D eigenvalue weighted by molar-refractivity contribution is 6.49. The van der Waals surface area contributed by atoms with Gasteiger partial charge in [-0.15, -0.1) is 0 Å². The average molecular weight is 355 g/mol. The number of amidine groups is 1. The number of anilines is 2. The van der Waals surface area contributed by atoms with Crippen molar-refractivity contribution in [3.63, 3.8) is 0 Å². The van der Waals surface area contributed by atoms with Gasteiger partial charge in [-0.1, -0.05) is 19.3 Å². The molecule has 0 saturated heterocycles. The summed E-state index contributed by atoms with van der Waals surface area (Å²) in [5, 5.41) is 7.19. The number of benzene rings is 1. The number of rotatable bonds is 3. The van der Waals surface area contributed by atoms with Gasteiger partial charge in [0.25, 0.3) is 11.8 Å². The van der Waals surface area contributed by atoms with Gasteiger partial charge in [0, 0.05) is 19.2 Å². The summed E-state index contributed by atoms with van der Waals surface area (Å²) in [4.78, 5) is 28.7. The van der Waals surface area contributed by atoms with Gasteiger partial charge in [-0.3, -0.25) is 19.9 Å². The van der Waals surface area contributed by atoms with E-state index < -0.39 is 0 Å². The minimum absolute atomic E-state index is 0.0212. The highest BCUT2D eigenvalue weighted by Crippen LogP contribution is 2.38. The Morgan fingerprint density at radius 1 is 1.31 bits per heavy atom. The van der Waals surface area contributed by atoms with Gasteiger partial charge in [-0.05, 0) is 43.9 Å². The lowest BCUT2D eigenvalue weighted by Crippen LogP contribution is -2.51. The maximum atomic E-state index is 12.6. The van der Waals surface area contributed by atoms with E-state index in [0.29, 0.717) is 23.9 Å². The zero-order valence-electron chi connectivity index (χ0n) is 15.3. The van der Waals surface area contributed by atoms with Gasteiger partial charge >= 0.3 is 0 Å². The van der Waals surface area contributed by atoms with Crippen molar-refractivity contribution in [2.24, 2.45) is 11.0 Å². The first-order valence-electron chi connectivity index (χ1n) is 9.43. The SMILES string of the molecule is CCN(C)C(=O)c1ccc2c(c1)N1C(=NNC1C1CCCCC1)C(=O)N2. The Morgan fingerprint density at radius 3 is 2.81 bits per heavy atom. The molecule has 0 bridgehead atoms. The lowest BCUT2D eigenvalue weighted by atomic mass is 9.86. The highest BCUT2D eigenvalue weighted by Gasteiger charge is 2.42. The Balaban J connectivity index is 1.71. The van der Waals surface area contributed by atoms with E-state index in [0.717, 1.165) is 24.2 Å². The highest BCUT2D eigenvalue weighted by atomic mass is 16.2. The summed E-state index contributed by atoms with van der Waals surface area (Å²) in [6.45, 7) is 2.60. The maximum absolute atomic E-state index is 12.6. The van der Waals surface area contributed by atoms with E-state index in [1.165, 1.54) is 19.3 Å². The lowest BCUT2D eigenvalue weighted by Gasteiger charge is -2.37. The topological polar surface area (TPSA) is 77.0 Å². The van der Waals surface area contributed by atoms with Gasteiger partial charge in [-0.2, -0.15) is 5.10 Å². The number of nitrogens with zero attached hydrogens (tertiary/aromatic N) is 3. The first kappa shape index (κ1) is 16.9. The summed E-state index contributed by atoms with van der Waals surface area (Å²) < 4.78 is 0. The molecule has 138 valence electrons. The Labute approximate surface area is 153 Å². The van der Waals surface area contributed by atoms with Crippen LogP contribution in [0.25, 0.3) is 0 Å². The second-order valence-corrected chi connectivity index (χ2v) is 7.28. The van der Waals surface area contributed by atoms with Crippen LogP contribution in [0.2, 0.25) is 0 Å². The minimum atomic E-state index is -0.201. The number of hydrogen-bond donors (Lipinski definition) is 2. The molecule has 1 aromatic carbocycles. The van der Waals surface area contributed by atoms with Crippen molar-refractivity contribution in [1.82, 2.24) is 10.3 Å². The van der Waals surface area contributed by atoms with Crippen LogP contribution in [0.4, 0.5) is 11.4 Å².